The van der Waals surface area contributed by atoms with Crippen molar-refractivity contribution in [3.8, 4) is 0 Å². The van der Waals surface area contributed by atoms with Crippen LogP contribution in [0.15, 0.2) is 72.9 Å². The minimum Gasteiger partial charge on any atom is -0.383 e. The van der Waals surface area contributed by atoms with E-state index in [0.29, 0.717) is 24.3 Å². The Labute approximate surface area is 234 Å². The number of rotatable bonds is 11. The van der Waals surface area contributed by atoms with Gasteiger partial charge in [0.15, 0.2) is 17.4 Å². The van der Waals surface area contributed by atoms with Crippen molar-refractivity contribution in [2.45, 2.75) is 46.2 Å². The number of carbonyl (C=O) groups is 2. The molecule has 0 aliphatic rings. The quantitative estimate of drug-likeness (QED) is 0.263. The van der Waals surface area contributed by atoms with Gasteiger partial charge in [0, 0.05) is 24.5 Å². The van der Waals surface area contributed by atoms with E-state index in [0.717, 1.165) is 39.6 Å². The second-order valence-corrected chi connectivity index (χ2v) is 9.95. The van der Waals surface area contributed by atoms with Gasteiger partial charge in [-0.1, -0.05) is 61.5 Å². The van der Waals surface area contributed by atoms with Crippen LogP contribution in [0, 0.1) is 18.6 Å². The summed E-state index contributed by atoms with van der Waals surface area (Å²) in [6.07, 6.45) is 2.31. The van der Waals surface area contributed by atoms with Crippen molar-refractivity contribution >= 4 is 28.3 Å². The number of nitrogens with one attached hydrogen (secondary N) is 1. The lowest BCUT2D eigenvalue weighted by Gasteiger charge is -2.21. The largest absolute Gasteiger partial charge is 0.383 e. The zero-order valence-corrected chi connectivity index (χ0v) is 22.1. The van der Waals surface area contributed by atoms with Gasteiger partial charge in [-0.25, -0.2) is 13.8 Å². The monoisotopic (exact) mass is 546 g/mol. The zero-order valence-electron chi connectivity index (χ0n) is 22.1. The number of amides is 1. The summed E-state index contributed by atoms with van der Waals surface area (Å²) in [5, 5.41) is 4.59. The molecule has 1 heterocycles. The molecule has 1 aromatic heterocycles. The number of hydrogen-bond donors (Lipinski definition) is 2. The third kappa shape index (κ3) is 8.16. The van der Waals surface area contributed by atoms with Gasteiger partial charge in [0.2, 0.25) is 5.91 Å². The van der Waals surface area contributed by atoms with Crippen molar-refractivity contribution < 1.29 is 18.4 Å². The van der Waals surface area contributed by atoms with Gasteiger partial charge in [0.05, 0.1) is 12.6 Å². The number of aryl methyl sites for hydroxylation is 2. The summed E-state index contributed by atoms with van der Waals surface area (Å²) in [6.45, 7) is 2.66. The molecule has 1 atom stereocenters. The Kier molecular flexibility index (Phi) is 10.4. The number of Topliss-reactive ketones (excluding diaryl/α,β-unsaturated/α-hetero) is 1. The van der Waals surface area contributed by atoms with E-state index in [1.807, 2.05) is 67.4 Å². The standard InChI is InChI=1S/C31H32F2N4O2.CH4/c1-20-3-5-22(6-4-20)18-37(2)19-30(39)36-28(17-23-8-11-26(32)27(33)16-23)29(38)12-9-21-7-10-25-24(15-21)13-14-35-31(25)34;/h3-8,10-11,13-16,28H,9,12,17-19H2,1-2H3,(H2,34,35)(H,36,39);1H4/t28-;/m0./s1. The number of ketones is 1. The Bertz CT molecular complexity index is 1470. The number of aromatic nitrogens is 1. The zero-order chi connectivity index (χ0) is 27.9. The SMILES string of the molecule is C.Cc1ccc(CN(C)CC(=O)N[C@@H](Cc2ccc(F)c(F)c2)C(=O)CCc2ccc3c(N)nccc3c2)cc1. The average Bonchev–Trinajstić information content (AvgIpc) is 2.90. The van der Waals surface area contributed by atoms with Crippen LogP contribution in [0.2, 0.25) is 0 Å². The molecule has 40 heavy (non-hydrogen) atoms. The maximum Gasteiger partial charge on any atom is 0.234 e. The summed E-state index contributed by atoms with van der Waals surface area (Å²) in [4.78, 5) is 32.2. The van der Waals surface area contributed by atoms with E-state index in [1.165, 1.54) is 6.07 Å². The van der Waals surface area contributed by atoms with Crippen LogP contribution >= 0.6 is 0 Å². The third-order valence-corrected chi connectivity index (χ3v) is 6.65. The molecule has 0 unspecified atom stereocenters. The van der Waals surface area contributed by atoms with Crippen LogP contribution in [-0.4, -0.2) is 41.2 Å². The highest BCUT2D eigenvalue weighted by atomic mass is 19.2. The number of benzene rings is 3. The highest BCUT2D eigenvalue weighted by Gasteiger charge is 2.22. The fourth-order valence-corrected chi connectivity index (χ4v) is 4.54. The number of nitrogen functional groups attached to an aromatic ring is 1. The number of fused-ring (bicyclic) bond motifs is 1. The first-order valence-electron chi connectivity index (χ1n) is 12.8. The molecule has 0 saturated heterocycles. The molecule has 0 saturated carbocycles. The van der Waals surface area contributed by atoms with Gasteiger partial charge in [-0.3, -0.25) is 14.5 Å². The normalized spacial score (nSPS) is 11.7. The summed E-state index contributed by atoms with van der Waals surface area (Å²) in [5.74, 6) is -2.03. The number of hydrogen-bond acceptors (Lipinski definition) is 5. The predicted molar refractivity (Wildman–Crippen MR) is 156 cm³/mol. The molecule has 4 rings (SSSR count). The van der Waals surface area contributed by atoms with Crippen LogP contribution in [0.5, 0.6) is 0 Å². The Morgan fingerprint density at radius 3 is 2.38 bits per heavy atom. The van der Waals surface area contributed by atoms with E-state index < -0.39 is 17.7 Å². The number of pyridine rings is 1. The Morgan fingerprint density at radius 2 is 1.65 bits per heavy atom. The Morgan fingerprint density at radius 1 is 0.950 bits per heavy atom. The molecule has 0 aliphatic carbocycles. The first-order valence-corrected chi connectivity index (χ1v) is 12.8. The van der Waals surface area contributed by atoms with Crippen LogP contribution < -0.4 is 11.1 Å². The number of carbonyl (C=O) groups excluding carboxylic acids is 2. The summed E-state index contributed by atoms with van der Waals surface area (Å²) in [6, 6.07) is 18.3. The molecule has 3 N–H and O–H groups in total. The summed E-state index contributed by atoms with van der Waals surface area (Å²) in [7, 11) is 1.83. The van der Waals surface area contributed by atoms with Gasteiger partial charge >= 0.3 is 0 Å². The van der Waals surface area contributed by atoms with E-state index in [1.54, 1.807) is 6.20 Å². The molecule has 8 heteroatoms. The van der Waals surface area contributed by atoms with Gasteiger partial charge in [0.1, 0.15) is 5.82 Å². The fourth-order valence-electron chi connectivity index (χ4n) is 4.54. The Hall–Kier alpha value is -4.17. The smallest absolute Gasteiger partial charge is 0.234 e. The van der Waals surface area contributed by atoms with Crippen molar-refractivity contribution in [2.24, 2.45) is 0 Å². The van der Waals surface area contributed by atoms with Gasteiger partial charge in [-0.2, -0.15) is 0 Å². The lowest BCUT2D eigenvalue weighted by atomic mass is 9.96. The van der Waals surface area contributed by atoms with E-state index in [4.69, 9.17) is 5.73 Å². The second kappa shape index (κ2) is 13.8. The van der Waals surface area contributed by atoms with Crippen molar-refractivity contribution in [1.82, 2.24) is 15.2 Å². The summed E-state index contributed by atoms with van der Waals surface area (Å²) in [5.41, 5.74) is 9.52. The van der Waals surface area contributed by atoms with Crippen molar-refractivity contribution in [2.75, 3.05) is 19.3 Å². The minimum atomic E-state index is -0.993. The first kappa shape index (κ1) is 30.4. The molecule has 3 aromatic carbocycles. The molecule has 210 valence electrons. The van der Waals surface area contributed by atoms with Crippen LogP contribution in [0.4, 0.5) is 14.6 Å². The summed E-state index contributed by atoms with van der Waals surface area (Å²) < 4.78 is 27.3. The second-order valence-electron chi connectivity index (χ2n) is 9.95. The molecule has 0 bridgehead atoms. The van der Waals surface area contributed by atoms with Crippen LogP contribution in [0.25, 0.3) is 10.8 Å². The molecule has 0 radical (unpaired) electrons. The van der Waals surface area contributed by atoms with Crippen LogP contribution in [0.1, 0.15) is 36.1 Å². The van der Waals surface area contributed by atoms with Crippen molar-refractivity contribution in [1.29, 1.82) is 0 Å². The number of likely N-dealkylation sites (N-methyl/N-ethyl adjacent to an activating group) is 1. The fraction of sp³-hybridized carbons (Fsp3) is 0.281. The maximum atomic E-state index is 13.9. The topological polar surface area (TPSA) is 88.3 Å². The molecule has 6 nitrogen and oxygen atoms in total. The third-order valence-electron chi connectivity index (χ3n) is 6.65. The molecule has 0 aliphatic heterocycles. The maximum absolute atomic E-state index is 13.9. The predicted octanol–water partition coefficient (Wildman–Crippen LogP) is 5.40. The number of nitrogens with zero attached hydrogens (tertiary/aromatic N) is 2. The molecular formula is C32H36F2N4O2. The lowest BCUT2D eigenvalue weighted by molar-refractivity contribution is -0.128. The average molecular weight is 547 g/mol. The number of halogens is 2. The molecule has 0 fully saturated rings. The van der Waals surface area contributed by atoms with Crippen molar-refractivity contribution in [3.05, 3.63) is 107 Å². The van der Waals surface area contributed by atoms with Crippen LogP contribution in [-0.2, 0) is 29.0 Å². The van der Waals surface area contributed by atoms with E-state index >= 15 is 0 Å². The van der Waals surface area contributed by atoms with E-state index in [2.05, 4.69) is 10.3 Å². The van der Waals surface area contributed by atoms with Crippen LogP contribution in [0.3, 0.4) is 0 Å². The number of nitrogens with two attached hydrogens (primary N) is 1. The van der Waals surface area contributed by atoms with Gasteiger partial charge in [-0.05, 0) is 67.1 Å². The van der Waals surface area contributed by atoms with E-state index in [-0.39, 0.29) is 38.5 Å². The first-order chi connectivity index (χ1) is 18.7. The molecule has 1 amide bonds. The van der Waals surface area contributed by atoms with Gasteiger partial charge < -0.3 is 11.1 Å². The van der Waals surface area contributed by atoms with Gasteiger partial charge in [0.25, 0.3) is 0 Å². The Balaban J connectivity index is 0.00000441. The lowest BCUT2D eigenvalue weighted by Crippen LogP contribution is -2.46. The highest BCUT2D eigenvalue weighted by molar-refractivity contribution is 5.92. The minimum absolute atomic E-state index is 0. The van der Waals surface area contributed by atoms with Crippen molar-refractivity contribution in [3.63, 3.8) is 0 Å². The number of anilines is 1. The van der Waals surface area contributed by atoms with E-state index in [9.17, 15) is 18.4 Å². The molecular weight excluding hydrogens is 510 g/mol. The molecule has 0 spiro atoms. The molecule has 4 aromatic rings. The van der Waals surface area contributed by atoms with Gasteiger partial charge in [-0.15, -0.1) is 0 Å². The highest BCUT2D eigenvalue weighted by Crippen LogP contribution is 2.21. The summed E-state index contributed by atoms with van der Waals surface area (Å²) >= 11 is 0.